The van der Waals surface area contributed by atoms with Crippen LogP contribution in [-0.2, 0) is 6.42 Å². The Balaban J connectivity index is 1.70. The molecule has 27 heavy (non-hydrogen) atoms. The van der Waals surface area contributed by atoms with Crippen LogP contribution in [0.4, 0.5) is 4.39 Å². The van der Waals surface area contributed by atoms with E-state index in [0.29, 0.717) is 26.9 Å². The van der Waals surface area contributed by atoms with Crippen molar-refractivity contribution in [1.82, 2.24) is 19.9 Å². The lowest BCUT2D eigenvalue weighted by molar-refractivity contribution is 0.0986. The average molecular weight is 406 g/mol. The summed E-state index contributed by atoms with van der Waals surface area (Å²) in [5, 5.41) is 15.9. The van der Waals surface area contributed by atoms with Crippen molar-refractivity contribution in [3.8, 4) is 5.69 Å². The number of Topliss-reactive ketones (excluding diaryl/α,β-unsaturated/α-hetero) is 1. The van der Waals surface area contributed by atoms with Gasteiger partial charge >= 0.3 is 0 Å². The van der Waals surface area contributed by atoms with Gasteiger partial charge in [-0.1, -0.05) is 16.8 Å². The third kappa shape index (κ3) is 4.40. The zero-order valence-electron chi connectivity index (χ0n) is 14.7. The number of halogens is 2. The fourth-order valence-electron chi connectivity index (χ4n) is 2.46. The highest BCUT2D eigenvalue weighted by atomic mass is 35.5. The van der Waals surface area contributed by atoms with Crippen molar-refractivity contribution >= 4 is 34.6 Å². The van der Waals surface area contributed by atoms with Gasteiger partial charge in [0.2, 0.25) is 0 Å². The first-order valence-electron chi connectivity index (χ1n) is 8.11. The van der Waals surface area contributed by atoms with Crippen LogP contribution in [0.5, 0.6) is 0 Å². The molecule has 0 atom stereocenters. The second kappa shape index (κ2) is 7.98. The number of thiophene rings is 1. The van der Waals surface area contributed by atoms with Crippen LogP contribution in [0.3, 0.4) is 0 Å². The molecule has 0 aliphatic rings. The molecule has 3 aromatic rings. The van der Waals surface area contributed by atoms with Gasteiger partial charge in [0, 0.05) is 32.5 Å². The Hall–Kier alpha value is -2.58. The molecule has 0 saturated carbocycles. The first-order chi connectivity index (χ1) is 12.8. The lowest BCUT2D eigenvalue weighted by Crippen LogP contribution is -2.22. The number of aryl methyl sites for hydroxylation is 1. The largest absolute Gasteiger partial charge is 0.363 e. The summed E-state index contributed by atoms with van der Waals surface area (Å²) in [4.78, 5) is 14.3. The first-order valence-corrected chi connectivity index (χ1v) is 9.30. The van der Waals surface area contributed by atoms with E-state index in [0.717, 1.165) is 0 Å². The van der Waals surface area contributed by atoms with Crippen LogP contribution in [0.25, 0.3) is 5.69 Å². The number of rotatable bonds is 6. The van der Waals surface area contributed by atoms with Crippen molar-refractivity contribution in [2.75, 3.05) is 14.1 Å². The topological polar surface area (TPSA) is 74.9 Å². The Morgan fingerprint density at radius 1 is 1.33 bits per heavy atom. The van der Waals surface area contributed by atoms with Gasteiger partial charge < -0.3 is 4.90 Å². The number of nitrogens with one attached hydrogen (secondary N) is 1. The second-order valence-corrected chi connectivity index (χ2v) is 7.81. The van der Waals surface area contributed by atoms with Gasteiger partial charge in [0.1, 0.15) is 17.3 Å². The highest BCUT2D eigenvalue weighted by molar-refractivity contribution is 7.18. The summed E-state index contributed by atoms with van der Waals surface area (Å²) in [5.41, 5.74) is 1.30. The molecule has 0 fully saturated rings. The number of ketones is 1. The number of nitrogens with zero attached hydrogens (tertiary/aromatic N) is 4. The molecule has 0 bridgehead atoms. The monoisotopic (exact) mass is 405 g/mol. The molecule has 3 rings (SSSR count). The van der Waals surface area contributed by atoms with Crippen LogP contribution < -0.4 is 0 Å². The molecular weight excluding hydrogens is 389 g/mol. The maximum absolute atomic E-state index is 14.4. The zero-order valence-corrected chi connectivity index (χ0v) is 16.3. The minimum Gasteiger partial charge on any atom is -0.363 e. The molecule has 0 radical (unpaired) electrons. The van der Waals surface area contributed by atoms with Crippen LogP contribution in [-0.4, -0.2) is 45.6 Å². The Morgan fingerprint density at radius 3 is 2.74 bits per heavy atom. The molecule has 0 saturated heterocycles. The number of amidine groups is 1. The van der Waals surface area contributed by atoms with E-state index in [1.165, 1.54) is 22.1 Å². The SMILES string of the molecule is CN(C)C(=N)c1ccc(-n2cc(CCC(=O)c3ccc(Cl)s3)nn2)c(F)c1. The number of carbonyl (C=O) groups is 1. The van der Waals surface area contributed by atoms with Gasteiger partial charge in [-0.25, -0.2) is 9.07 Å². The molecule has 0 unspecified atom stereocenters. The number of aromatic nitrogens is 3. The van der Waals surface area contributed by atoms with E-state index in [9.17, 15) is 9.18 Å². The molecule has 6 nitrogen and oxygen atoms in total. The fourth-order valence-corrected chi connectivity index (χ4v) is 3.47. The molecule has 0 aliphatic heterocycles. The molecule has 2 aromatic heterocycles. The summed E-state index contributed by atoms with van der Waals surface area (Å²) in [7, 11) is 3.45. The molecular formula is C18H17ClFN5OS. The number of hydrogen-bond acceptors (Lipinski definition) is 5. The van der Waals surface area contributed by atoms with Gasteiger partial charge in [-0.3, -0.25) is 10.2 Å². The predicted octanol–water partition coefficient (Wildman–Crippen LogP) is 3.82. The van der Waals surface area contributed by atoms with Gasteiger partial charge in [-0.2, -0.15) is 0 Å². The number of hydrogen-bond donors (Lipinski definition) is 1. The normalized spacial score (nSPS) is 10.8. The van der Waals surface area contributed by atoms with E-state index < -0.39 is 5.82 Å². The maximum atomic E-state index is 14.4. The van der Waals surface area contributed by atoms with Crippen LogP contribution >= 0.6 is 22.9 Å². The van der Waals surface area contributed by atoms with Crippen molar-refractivity contribution in [1.29, 1.82) is 5.41 Å². The summed E-state index contributed by atoms with van der Waals surface area (Å²) in [6, 6.07) is 7.90. The number of carbonyl (C=O) groups excluding carboxylic acids is 1. The minimum atomic E-state index is -0.500. The summed E-state index contributed by atoms with van der Waals surface area (Å²) in [5.74, 6) is -0.300. The lowest BCUT2D eigenvalue weighted by Gasteiger charge is -2.14. The maximum Gasteiger partial charge on any atom is 0.173 e. The van der Waals surface area contributed by atoms with Crippen molar-refractivity contribution in [2.45, 2.75) is 12.8 Å². The van der Waals surface area contributed by atoms with Gasteiger partial charge in [0.25, 0.3) is 0 Å². The fraction of sp³-hybridized carbons (Fsp3) is 0.222. The van der Waals surface area contributed by atoms with E-state index in [4.69, 9.17) is 17.0 Å². The van der Waals surface area contributed by atoms with E-state index in [-0.39, 0.29) is 23.7 Å². The Morgan fingerprint density at radius 2 is 2.11 bits per heavy atom. The number of benzene rings is 1. The van der Waals surface area contributed by atoms with Gasteiger partial charge in [0.15, 0.2) is 5.78 Å². The Labute approximate surface area is 164 Å². The predicted molar refractivity (Wildman–Crippen MR) is 104 cm³/mol. The lowest BCUT2D eigenvalue weighted by atomic mass is 10.1. The molecule has 140 valence electrons. The average Bonchev–Trinajstić information content (AvgIpc) is 3.28. The van der Waals surface area contributed by atoms with Gasteiger partial charge in [-0.05, 0) is 30.3 Å². The molecule has 1 aromatic carbocycles. The van der Waals surface area contributed by atoms with Crippen LogP contribution in [0.2, 0.25) is 4.34 Å². The third-order valence-electron chi connectivity index (χ3n) is 3.91. The van der Waals surface area contributed by atoms with Gasteiger partial charge in [-0.15, -0.1) is 16.4 Å². The Kier molecular flexibility index (Phi) is 5.67. The summed E-state index contributed by atoms with van der Waals surface area (Å²) < 4.78 is 16.3. The summed E-state index contributed by atoms with van der Waals surface area (Å²) in [6.07, 6.45) is 2.28. The van der Waals surface area contributed by atoms with Crippen molar-refractivity contribution in [3.05, 3.63) is 62.8 Å². The Bertz CT molecular complexity index is 997. The summed E-state index contributed by atoms with van der Waals surface area (Å²) in [6.45, 7) is 0. The first kappa shape index (κ1) is 19.2. The molecule has 0 aliphatic carbocycles. The van der Waals surface area contributed by atoms with E-state index in [2.05, 4.69) is 10.3 Å². The van der Waals surface area contributed by atoms with E-state index in [1.54, 1.807) is 49.5 Å². The van der Waals surface area contributed by atoms with Crippen molar-refractivity contribution in [3.63, 3.8) is 0 Å². The molecule has 0 amide bonds. The van der Waals surface area contributed by atoms with Crippen LogP contribution in [0.1, 0.15) is 27.3 Å². The zero-order chi connectivity index (χ0) is 19.6. The summed E-state index contributed by atoms with van der Waals surface area (Å²) >= 11 is 7.09. The second-order valence-electron chi connectivity index (χ2n) is 6.09. The smallest absolute Gasteiger partial charge is 0.173 e. The van der Waals surface area contributed by atoms with Crippen LogP contribution in [0.15, 0.2) is 36.5 Å². The van der Waals surface area contributed by atoms with Crippen molar-refractivity contribution in [2.24, 2.45) is 0 Å². The van der Waals surface area contributed by atoms with E-state index >= 15 is 0 Å². The standard InChI is InChI=1S/C18H17ClFN5OS/c1-24(2)18(21)11-3-5-14(13(20)9-11)25-10-12(22-23-25)4-6-15(26)16-7-8-17(19)27-16/h3,5,7-10,21H,4,6H2,1-2H3. The van der Waals surface area contributed by atoms with Gasteiger partial charge in [0.05, 0.1) is 21.1 Å². The quantitative estimate of drug-likeness (QED) is 0.384. The molecule has 0 spiro atoms. The molecule has 2 heterocycles. The van der Waals surface area contributed by atoms with E-state index in [1.807, 2.05) is 0 Å². The third-order valence-corrected chi connectivity index (χ3v) is 5.18. The molecule has 1 N–H and O–H groups in total. The molecule has 9 heteroatoms. The van der Waals surface area contributed by atoms with Crippen molar-refractivity contribution < 1.29 is 9.18 Å². The highest BCUT2D eigenvalue weighted by Gasteiger charge is 2.13. The minimum absolute atomic E-state index is 0.0146. The van der Waals surface area contributed by atoms with Crippen LogP contribution in [0, 0.1) is 11.2 Å². The highest BCUT2D eigenvalue weighted by Crippen LogP contribution is 2.23.